The molecule has 2 aliphatic rings. The number of carbonyl (C=O) groups is 1. The van der Waals surface area contributed by atoms with Crippen molar-refractivity contribution in [2.24, 2.45) is 22.7 Å². The van der Waals surface area contributed by atoms with Gasteiger partial charge in [-0.2, -0.15) is 0 Å². The summed E-state index contributed by atoms with van der Waals surface area (Å²) in [6, 6.07) is 0. The molecule has 1 amide bonds. The fourth-order valence-corrected chi connectivity index (χ4v) is 4.62. The van der Waals surface area contributed by atoms with Gasteiger partial charge in [-0.25, -0.2) is 0 Å². The summed E-state index contributed by atoms with van der Waals surface area (Å²) in [5, 5.41) is 9.62. The number of hydrogen-bond donors (Lipinski definition) is 1. The molecule has 3 nitrogen and oxygen atoms in total. The fourth-order valence-electron chi connectivity index (χ4n) is 4.62. The van der Waals surface area contributed by atoms with E-state index in [2.05, 4.69) is 32.6 Å². The molecule has 21 heavy (non-hydrogen) atoms. The summed E-state index contributed by atoms with van der Waals surface area (Å²) in [5.74, 6) is 1.24. The van der Waals surface area contributed by atoms with Crippen LogP contribution in [0.5, 0.6) is 0 Å². The summed E-state index contributed by atoms with van der Waals surface area (Å²) in [5.41, 5.74) is 0.363. The van der Waals surface area contributed by atoms with Crippen LogP contribution in [0.2, 0.25) is 0 Å². The molecule has 1 saturated carbocycles. The van der Waals surface area contributed by atoms with Crippen LogP contribution >= 0.6 is 0 Å². The van der Waals surface area contributed by atoms with Gasteiger partial charge in [-0.15, -0.1) is 0 Å². The van der Waals surface area contributed by atoms with E-state index in [9.17, 15) is 9.90 Å². The summed E-state index contributed by atoms with van der Waals surface area (Å²) in [6.07, 6.45) is 6.25. The topological polar surface area (TPSA) is 40.5 Å². The minimum atomic E-state index is 0.0654. The molecule has 1 aliphatic heterocycles. The van der Waals surface area contributed by atoms with E-state index in [4.69, 9.17) is 0 Å². The fraction of sp³-hybridized carbons (Fsp3) is 0.944. The molecule has 1 saturated heterocycles. The summed E-state index contributed by atoms with van der Waals surface area (Å²) >= 11 is 0. The van der Waals surface area contributed by atoms with Crippen LogP contribution in [0.3, 0.4) is 0 Å². The molecule has 1 N–H and O–H groups in total. The van der Waals surface area contributed by atoms with Crippen LogP contribution in [0.15, 0.2) is 0 Å². The molecule has 2 fully saturated rings. The SMILES string of the molecule is CCC1(CO)CCN(C(=O)C2CC(C)CC(C)(C)C2)CC1. The van der Waals surface area contributed by atoms with E-state index in [-0.39, 0.29) is 17.9 Å². The van der Waals surface area contributed by atoms with Crippen LogP contribution in [-0.2, 0) is 4.79 Å². The van der Waals surface area contributed by atoms with Gasteiger partial charge in [0.25, 0.3) is 0 Å². The van der Waals surface area contributed by atoms with Crippen LogP contribution in [0.1, 0.15) is 66.2 Å². The Hall–Kier alpha value is -0.570. The molecule has 0 aromatic carbocycles. The average Bonchev–Trinajstić information content (AvgIpc) is 2.44. The lowest BCUT2D eigenvalue weighted by Gasteiger charge is -2.44. The standard InChI is InChI=1S/C18H33NO2/c1-5-18(13-20)6-8-19(9-7-18)16(21)15-10-14(2)11-17(3,4)12-15/h14-15,20H,5-13H2,1-4H3. The average molecular weight is 295 g/mol. The van der Waals surface area contributed by atoms with Gasteiger partial charge < -0.3 is 10.0 Å². The zero-order chi connectivity index (χ0) is 15.7. The number of nitrogens with zero attached hydrogens (tertiary/aromatic N) is 1. The Bertz CT molecular complexity index is 363. The Kier molecular flexibility index (Phi) is 5.02. The van der Waals surface area contributed by atoms with E-state index in [0.717, 1.165) is 45.2 Å². The van der Waals surface area contributed by atoms with Gasteiger partial charge in [0, 0.05) is 25.6 Å². The second-order valence-corrected chi connectivity index (χ2v) is 8.45. The van der Waals surface area contributed by atoms with E-state index < -0.39 is 0 Å². The van der Waals surface area contributed by atoms with Gasteiger partial charge in [0.15, 0.2) is 0 Å². The maximum absolute atomic E-state index is 12.8. The first kappa shape index (κ1) is 16.8. The van der Waals surface area contributed by atoms with E-state index >= 15 is 0 Å². The second-order valence-electron chi connectivity index (χ2n) is 8.45. The molecule has 0 aromatic rings. The maximum Gasteiger partial charge on any atom is 0.225 e. The first-order valence-corrected chi connectivity index (χ1v) is 8.70. The van der Waals surface area contributed by atoms with E-state index in [1.165, 1.54) is 6.42 Å². The van der Waals surface area contributed by atoms with Gasteiger partial charge in [-0.3, -0.25) is 4.79 Å². The lowest BCUT2D eigenvalue weighted by atomic mass is 9.67. The van der Waals surface area contributed by atoms with Crippen molar-refractivity contribution in [3.63, 3.8) is 0 Å². The highest BCUT2D eigenvalue weighted by molar-refractivity contribution is 5.79. The van der Waals surface area contributed by atoms with Crippen molar-refractivity contribution in [1.29, 1.82) is 0 Å². The Balaban J connectivity index is 1.96. The highest BCUT2D eigenvalue weighted by Crippen LogP contribution is 2.43. The van der Waals surface area contributed by atoms with Gasteiger partial charge in [0.05, 0.1) is 0 Å². The number of aliphatic hydroxyl groups excluding tert-OH is 1. The van der Waals surface area contributed by atoms with Crippen molar-refractivity contribution in [2.75, 3.05) is 19.7 Å². The zero-order valence-electron chi connectivity index (χ0n) is 14.3. The molecule has 0 aromatic heterocycles. The highest BCUT2D eigenvalue weighted by atomic mass is 16.3. The molecular formula is C18H33NO2. The molecule has 0 radical (unpaired) electrons. The molecular weight excluding hydrogens is 262 g/mol. The van der Waals surface area contributed by atoms with Gasteiger partial charge in [-0.1, -0.05) is 27.7 Å². The number of amides is 1. The summed E-state index contributed by atoms with van der Waals surface area (Å²) in [7, 11) is 0. The summed E-state index contributed by atoms with van der Waals surface area (Å²) < 4.78 is 0. The largest absolute Gasteiger partial charge is 0.396 e. The maximum atomic E-state index is 12.8. The van der Waals surface area contributed by atoms with Crippen molar-refractivity contribution in [3.05, 3.63) is 0 Å². The minimum Gasteiger partial charge on any atom is -0.396 e. The van der Waals surface area contributed by atoms with Gasteiger partial charge in [0.2, 0.25) is 5.91 Å². The predicted octanol–water partition coefficient (Wildman–Crippen LogP) is 3.46. The Labute approximate surface area is 130 Å². The predicted molar refractivity (Wildman–Crippen MR) is 85.9 cm³/mol. The first-order valence-electron chi connectivity index (χ1n) is 8.70. The molecule has 122 valence electrons. The summed E-state index contributed by atoms with van der Waals surface area (Å²) in [6.45, 7) is 11.0. The van der Waals surface area contributed by atoms with Crippen LogP contribution in [-0.4, -0.2) is 35.6 Å². The van der Waals surface area contributed by atoms with Crippen molar-refractivity contribution in [1.82, 2.24) is 4.90 Å². The summed E-state index contributed by atoms with van der Waals surface area (Å²) in [4.78, 5) is 14.9. The number of rotatable bonds is 3. The molecule has 1 heterocycles. The van der Waals surface area contributed by atoms with Gasteiger partial charge >= 0.3 is 0 Å². The Morgan fingerprint density at radius 2 is 1.86 bits per heavy atom. The lowest BCUT2D eigenvalue weighted by Crippen LogP contribution is -2.48. The molecule has 0 spiro atoms. The van der Waals surface area contributed by atoms with Crippen LogP contribution < -0.4 is 0 Å². The van der Waals surface area contributed by atoms with Crippen LogP contribution in [0.25, 0.3) is 0 Å². The van der Waals surface area contributed by atoms with Crippen LogP contribution in [0, 0.1) is 22.7 Å². The quantitative estimate of drug-likeness (QED) is 0.866. The zero-order valence-corrected chi connectivity index (χ0v) is 14.3. The third kappa shape index (κ3) is 3.80. The Morgan fingerprint density at radius 1 is 1.24 bits per heavy atom. The molecule has 0 bridgehead atoms. The number of likely N-dealkylation sites (tertiary alicyclic amines) is 1. The number of carbonyl (C=O) groups excluding carboxylic acids is 1. The normalized spacial score (nSPS) is 32.0. The monoisotopic (exact) mass is 295 g/mol. The van der Waals surface area contributed by atoms with E-state index in [1.807, 2.05) is 0 Å². The smallest absolute Gasteiger partial charge is 0.225 e. The third-order valence-electron chi connectivity index (χ3n) is 5.96. The van der Waals surface area contributed by atoms with Gasteiger partial charge in [0.1, 0.15) is 0 Å². The first-order chi connectivity index (χ1) is 9.81. The second kappa shape index (κ2) is 6.28. The van der Waals surface area contributed by atoms with E-state index in [1.54, 1.807) is 0 Å². The number of piperidine rings is 1. The molecule has 2 unspecified atom stereocenters. The molecule has 2 rings (SSSR count). The van der Waals surface area contributed by atoms with Crippen molar-refractivity contribution < 1.29 is 9.90 Å². The molecule has 1 aliphatic carbocycles. The number of aliphatic hydroxyl groups is 1. The van der Waals surface area contributed by atoms with E-state index in [0.29, 0.717) is 17.2 Å². The molecule has 3 heteroatoms. The number of hydrogen-bond acceptors (Lipinski definition) is 2. The van der Waals surface area contributed by atoms with Crippen molar-refractivity contribution in [2.45, 2.75) is 66.2 Å². The lowest BCUT2D eigenvalue weighted by molar-refractivity contribution is -0.141. The molecule has 2 atom stereocenters. The Morgan fingerprint density at radius 3 is 2.33 bits per heavy atom. The highest BCUT2D eigenvalue weighted by Gasteiger charge is 2.40. The van der Waals surface area contributed by atoms with Crippen molar-refractivity contribution in [3.8, 4) is 0 Å². The van der Waals surface area contributed by atoms with Crippen LogP contribution in [0.4, 0.5) is 0 Å². The minimum absolute atomic E-state index is 0.0654. The van der Waals surface area contributed by atoms with Gasteiger partial charge in [-0.05, 0) is 55.3 Å². The van der Waals surface area contributed by atoms with Crippen molar-refractivity contribution >= 4 is 5.91 Å². The third-order valence-corrected chi connectivity index (χ3v) is 5.96.